The fourth-order valence-electron chi connectivity index (χ4n) is 3.91. The second kappa shape index (κ2) is 9.51. The molecule has 1 saturated heterocycles. The number of rotatable bonds is 6. The normalized spacial score (nSPS) is 17.8. The zero-order chi connectivity index (χ0) is 23.5. The minimum absolute atomic E-state index is 0.0213. The number of halogens is 1. The van der Waals surface area contributed by atoms with E-state index in [1.54, 1.807) is 24.4 Å². The summed E-state index contributed by atoms with van der Waals surface area (Å²) in [6.07, 6.45) is 4.06. The van der Waals surface area contributed by atoms with Crippen LogP contribution in [-0.4, -0.2) is 39.6 Å². The summed E-state index contributed by atoms with van der Waals surface area (Å²) in [4.78, 5) is 28.6. The predicted octanol–water partition coefficient (Wildman–Crippen LogP) is 5.47. The molecule has 3 heterocycles. The third-order valence-electron chi connectivity index (χ3n) is 5.62. The molecule has 34 heavy (non-hydrogen) atoms. The second-order valence-electron chi connectivity index (χ2n) is 7.87. The maximum atomic E-state index is 13.5. The van der Waals surface area contributed by atoms with Crippen molar-refractivity contribution in [3.8, 4) is 11.5 Å². The van der Waals surface area contributed by atoms with Crippen LogP contribution in [0.5, 0.6) is 11.5 Å². The summed E-state index contributed by atoms with van der Waals surface area (Å²) in [5.74, 6) is 1.49. The predicted molar refractivity (Wildman–Crippen MR) is 128 cm³/mol. The number of hydrogen-bond acceptors (Lipinski definition) is 6. The average molecular weight is 474 g/mol. The number of nitrogens with zero attached hydrogens (tertiary/aromatic N) is 3. The number of ether oxygens (including phenoxy) is 2. The van der Waals surface area contributed by atoms with E-state index in [0.717, 1.165) is 6.42 Å². The number of hydrogen-bond donors (Lipinski definition) is 2. The molecule has 9 heteroatoms. The fourth-order valence-corrected chi connectivity index (χ4v) is 4.17. The van der Waals surface area contributed by atoms with Crippen molar-refractivity contribution >= 4 is 34.2 Å². The smallest absolute Gasteiger partial charge is 0.327 e. The van der Waals surface area contributed by atoms with Gasteiger partial charge in [0.1, 0.15) is 29.3 Å². The number of benzene rings is 2. The van der Waals surface area contributed by atoms with E-state index in [1.165, 1.54) is 6.33 Å². The van der Waals surface area contributed by atoms with Crippen molar-refractivity contribution in [3.05, 3.63) is 88.6 Å². The van der Waals surface area contributed by atoms with Gasteiger partial charge in [0, 0.05) is 17.8 Å². The summed E-state index contributed by atoms with van der Waals surface area (Å²) >= 11 is 6.48. The maximum absolute atomic E-state index is 13.5. The van der Waals surface area contributed by atoms with Crippen molar-refractivity contribution in [2.24, 2.45) is 0 Å². The molecule has 0 bridgehead atoms. The van der Waals surface area contributed by atoms with Crippen LogP contribution in [0.15, 0.2) is 61.1 Å². The number of nitrogens with one attached hydrogen (secondary N) is 2. The zero-order valence-electron chi connectivity index (χ0n) is 18.0. The number of aromatic amines is 1. The number of H-pyrrole nitrogens is 1. The Morgan fingerprint density at radius 2 is 2.00 bits per heavy atom. The largest absolute Gasteiger partial charge is 0.457 e. The molecule has 1 aliphatic rings. The van der Waals surface area contributed by atoms with Gasteiger partial charge in [0.2, 0.25) is 0 Å². The molecule has 0 radical (unpaired) electrons. The Labute approximate surface area is 200 Å². The van der Waals surface area contributed by atoms with Gasteiger partial charge in [0.25, 0.3) is 0 Å². The second-order valence-corrected chi connectivity index (χ2v) is 8.28. The van der Waals surface area contributed by atoms with Gasteiger partial charge in [-0.05, 0) is 30.7 Å². The fraction of sp³-hybridized carbons (Fsp3) is 0.200. The molecule has 0 aliphatic carbocycles. The van der Waals surface area contributed by atoms with Crippen molar-refractivity contribution in [2.75, 3.05) is 11.9 Å². The third-order valence-corrected chi connectivity index (χ3v) is 5.93. The highest BCUT2D eigenvalue weighted by atomic mass is 35.5. The Kier molecular flexibility index (Phi) is 6.12. The van der Waals surface area contributed by atoms with Gasteiger partial charge in [0.15, 0.2) is 5.78 Å². The molecule has 0 spiro atoms. The lowest BCUT2D eigenvalue weighted by Crippen LogP contribution is -2.33. The van der Waals surface area contributed by atoms with E-state index in [4.69, 9.17) is 27.6 Å². The van der Waals surface area contributed by atoms with Gasteiger partial charge >= 0.3 is 6.23 Å². The molecule has 0 saturated carbocycles. The van der Waals surface area contributed by atoms with Gasteiger partial charge in [0.05, 0.1) is 35.0 Å². The Morgan fingerprint density at radius 3 is 2.74 bits per heavy atom. The minimum Gasteiger partial charge on any atom is -0.457 e. The molecule has 2 aromatic heterocycles. The summed E-state index contributed by atoms with van der Waals surface area (Å²) in [6, 6.07) is 14.3. The topological polar surface area (TPSA) is 93.5 Å². The molecule has 8 nitrogen and oxygen atoms in total. The number of para-hydroxylation sites is 1. The van der Waals surface area contributed by atoms with E-state index in [-0.39, 0.29) is 16.8 Å². The van der Waals surface area contributed by atoms with Gasteiger partial charge in [-0.15, -0.1) is 0 Å². The maximum Gasteiger partial charge on any atom is 0.327 e. The standard InChI is InChI=1S/C25H20ClN5O3/c1-27-21-10-7-15(13-33-21)31-25-22-19(12-28-24(22)29-14-30-25)23(32)18-9-8-17(11-20(18)26)34-16-5-3-2-4-6-16/h2-6,8-9,11-12,14-15,21H,7,10,13H2,(H2,28,29,30,31). The molecule has 5 rings (SSSR count). The van der Waals surface area contributed by atoms with E-state index in [0.29, 0.717) is 52.5 Å². The first-order valence-corrected chi connectivity index (χ1v) is 11.1. The molecule has 2 atom stereocenters. The van der Waals surface area contributed by atoms with Crippen LogP contribution in [0.3, 0.4) is 0 Å². The molecular weight excluding hydrogens is 454 g/mol. The highest BCUT2D eigenvalue weighted by Crippen LogP contribution is 2.32. The van der Waals surface area contributed by atoms with Crippen LogP contribution < -0.4 is 10.1 Å². The van der Waals surface area contributed by atoms with Crippen LogP contribution in [0.2, 0.25) is 5.02 Å². The molecule has 2 N–H and O–H groups in total. The molecule has 1 aliphatic heterocycles. The molecule has 4 aromatic rings. The summed E-state index contributed by atoms with van der Waals surface area (Å²) < 4.78 is 11.4. The van der Waals surface area contributed by atoms with Crippen molar-refractivity contribution in [3.63, 3.8) is 0 Å². The third kappa shape index (κ3) is 4.44. The Bertz CT molecular complexity index is 1370. The minimum atomic E-state index is -0.399. The molecule has 0 amide bonds. The number of anilines is 1. The van der Waals surface area contributed by atoms with E-state index >= 15 is 0 Å². The van der Waals surface area contributed by atoms with Crippen LogP contribution >= 0.6 is 11.6 Å². The zero-order valence-corrected chi connectivity index (χ0v) is 18.7. The highest BCUT2D eigenvalue weighted by molar-refractivity contribution is 6.35. The van der Waals surface area contributed by atoms with E-state index in [2.05, 4.69) is 25.1 Å². The first-order valence-electron chi connectivity index (χ1n) is 10.8. The van der Waals surface area contributed by atoms with Gasteiger partial charge in [-0.1, -0.05) is 29.8 Å². The lowest BCUT2D eigenvalue weighted by molar-refractivity contribution is 0.0374. The van der Waals surface area contributed by atoms with Gasteiger partial charge in [-0.3, -0.25) is 9.64 Å². The number of fused-ring (bicyclic) bond motifs is 1. The Balaban J connectivity index is 1.41. The van der Waals surface area contributed by atoms with E-state index < -0.39 is 6.23 Å². The Hall–Kier alpha value is -3.93. The monoisotopic (exact) mass is 473 g/mol. The summed E-state index contributed by atoms with van der Waals surface area (Å²) in [7, 11) is 0. The van der Waals surface area contributed by atoms with Crippen molar-refractivity contribution in [2.45, 2.75) is 25.1 Å². The molecule has 170 valence electrons. The van der Waals surface area contributed by atoms with Crippen molar-refractivity contribution in [1.29, 1.82) is 0 Å². The van der Waals surface area contributed by atoms with Crippen LogP contribution in [-0.2, 0) is 4.74 Å². The van der Waals surface area contributed by atoms with Crippen LogP contribution in [0.4, 0.5) is 5.82 Å². The lowest BCUT2D eigenvalue weighted by atomic mass is 10.0. The van der Waals surface area contributed by atoms with E-state index in [1.807, 2.05) is 30.3 Å². The Morgan fingerprint density at radius 1 is 1.15 bits per heavy atom. The number of aromatic nitrogens is 3. The van der Waals surface area contributed by atoms with Crippen molar-refractivity contribution in [1.82, 2.24) is 15.0 Å². The van der Waals surface area contributed by atoms with Crippen molar-refractivity contribution < 1.29 is 14.3 Å². The number of carbonyl (C=O) groups excluding carboxylic acids is 1. The van der Waals surface area contributed by atoms with Crippen LogP contribution in [0, 0.1) is 6.57 Å². The first kappa shape index (κ1) is 21.9. The SMILES string of the molecule is [C-]#[N+]C1CCC(Nc2ncnc3[nH]cc(C(=O)c4ccc(Oc5ccccc5)cc4Cl)c23)CO1. The highest BCUT2D eigenvalue weighted by Gasteiger charge is 2.27. The first-order chi connectivity index (χ1) is 16.6. The summed E-state index contributed by atoms with van der Waals surface area (Å²) in [5.41, 5.74) is 1.29. The summed E-state index contributed by atoms with van der Waals surface area (Å²) in [6.45, 7) is 7.50. The van der Waals surface area contributed by atoms with E-state index in [9.17, 15) is 4.79 Å². The van der Waals surface area contributed by atoms with Gasteiger partial charge in [-0.25, -0.2) is 16.5 Å². The number of carbonyl (C=O) groups is 1. The quantitative estimate of drug-likeness (QED) is 0.285. The van der Waals surface area contributed by atoms with Crippen LogP contribution in [0.25, 0.3) is 15.9 Å². The lowest BCUT2D eigenvalue weighted by Gasteiger charge is -2.24. The average Bonchev–Trinajstić information content (AvgIpc) is 3.30. The summed E-state index contributed by atoms with van der Waals surface area (Å²) in [5, 5.41) is 4.21. The molecule has 1 fully saturated rings. The number of ketones is 1. The van der Waals surface area contributed by atoms with Gasteiger partial charge < -0.3 is 19.8 Å². The molecule has 2 unspecified atom stereocenters. The van der Waals surface area contributed by atoms with Gasteiger partial charge in [-0.2, -0.15) is 0 Å². The molecule has 2 aromatic carbocycles. The van der Waals surface area contributed by atoms with Crippen LogP contribution in [0.1, 0.15) is 28.8 Å². The molecular formula is C25H20ClN5O3.